The largest absolute Gasteiger partial charge is 0.433 e. The first-order valence-electron chi connectivity index (χ1n) is 7.20. The van der Waals surface area contributed by atoms with Gasteiger partial charge in [0.1, 0.15) is 10.6 Å². The fourth-order valence-electron chi connectivity index (χ4n) is 2.37. The summed E-state index contributed by atoms with van der Waals surface area (Å²) in [6.45, 7) is -2.30. The Morgan fingerprint density at radius 3 is 2.71 bits per heavy atom. The number of amides is 1. The molecule has 0 aromatic heterocycles. The molecule has 0 N–H and O–H groups in total. The fourth-order valence-corrected chi connectivity index (χ4v) is 3.91. The lowest BCUT2D eigenvalue weighted by Crippen LogP contribution is -2.37. The molecule has 1 fully saturated rings. The van der Waals surface area contributed by atoms with Crippen LogP contribution in [0.4, 0.5) is 8.78 Å². The van der Waals surface area contributed by atoms with Crippen LogP contribution < -0.4 is 4.74 Å². The standard InChI is InChI=1S/C14H17ClF2N2O4S/c1-18(7-8-19-6-2-3-13(19)20)24(21,22)12-9-10(15)4-5-11(12)23-14(16)17/h4-5,9,14H,2-3,6-8H2,1H3. The molecule has 1 amide bonds. The molecule has 0 saturated carbocycles. The molecule has 1 aliphatic rings. The lowest BCUT2D eigenvalue weighted by Gasteiger charge is -2.22. The Morgan fingerprint density at radius 1 is 1.42 bits per heavy atom. The van der Waals surface area contributed by atoms with Gasteiger partial charge in [0, 0.05) is 38.1 Å². The van der Waals surface area contributed by atoms with Crippen LogP contribution in [-0.2, 0) is 14.8 Å². The van der Waals surface area contributed by atoms with Gasteiger partial charge >= 0.3 is 6.61 Å². The number of sulfonamides is 1. The van der Waals surface area contributed by atoms with Crippen molar-refractivity contribution >= 4 is 27.5 Å². The summed E-state index contributed by atoms with van der Waals surface area (Å²) >= 11 is 5.78. The number of ether oxygens (including phenoxy) is 1. The Labute approximate surface area is 144 Å². The average Bonchev–Trinajstić information content (AvgIpc) is 2.91. The van der Waals surface area contributed by atoms with Crippen molar-refractivity contribution in [3.63, 3.8) is 0 Å². The third-order valence-electron chi connectivity index (χ3n) is 3.67. The van der Waals surface area contributed by atoms with E-state index < -0.39 is 27.3 Å². The summed E-state index contributed by atoms with van der Waals surface area (Å²) in [4.78, 5) is 12.7. The number of nitrogens with zero attached hydrogens (tertiary/aromatic N) is 2. The minimum Gasteiger partial charge on any atom is -0.433 e. The predicted molar refractivity (Wildman–Crippen MR) is 83.7 cm³/mol. The highest BCUT2D eigenvalue weighted by molar-refractivity contribution is 7.89. The molecule has 1 aromatic carbocycles. The summed E-state index contributed by atoms with van der Waals surface area (Å²) in [6.07, 6.45) is 1.20. The Morgan fingerprint density at radius 2 is 2.12 bits per heavy atom. The third kappa shape index (κ3) is 4.34. The maximum atomic E-state index is 12.6. The van der Waals surface area contributed by atoms with Gasteiger partial charge < -0.3 is 9.64 Å². The van der Waals surface area contributed by atoms with E-state index in [1.54, 1.807) is 4.90 Å². The molecular weight excluding hydrogens is 366 g/mol. The number of rotatable bonds is 7. The molecular formula is C14H17ClF2N2O4S. The van der Waals surface area contributed by atoms with Gasteiger partial charge in [0.25, 0.3) is 0 Å². The number of likely N-dealkylation sites (tertiary alicyclic amines) is 1. The number of carbonyl (C=O) groups is 1. The van der Waals surface area contributed by atoms with Crippen molar-refractivity contribution in [3.05, 3.63) is 23.2 Å². The number of alkyl halides is 2. The molecule has 6 nitrogen and oxygen atoms in total. The molecule has 1 saturated heterocycles. The molecule has 10 heteroatoms. The lowest BCUT2D eigenvalue weighted by atomic mass is 10.3. The van der Waals surface area contributed by atoms with Gasteiger partial charge in [0.05, 0.1) is 0 Å². The summed E-state index contributed by atoms with van der Waals surface area (Å²) in [5, 5.41) is 0.0818. The Hall–Kier alpha value is -1.45. The second-order valence-corrected chi connectivity index (χ2v) is 7.73. The number of hydrogen-bond donors (Lipinski definition) is 0. The molecule has 0 radical (unpaired) electrons. The zero-order valence-corrected chi connectivity index (χ0v) is 14.5. The minimum absolute atomic E-state index is 0.0229. The van der Waals surface area contributed by atoms with Crippen LogP contribution in [0.15, 0.2) is 23.1 Å². The van der Waals surface area contributed by atoms with Gasteiger partial charge in [-0.2, -0.15) is 13.1 Å². The molecule has 24 heavy (non-hydrogen) atoms. The highest BCUT2D eigenvalue weighted by atomic mass is 35.5. The van der Waals surface area contributed by atoms with Gasteiger partial charge in [-0.3, -0.25) is 4.79 Å². The Balaban J connectivity index is 2.19. The monoisotopic (exact) mass is 382 g/mol. The van der Waals surface area contributed by atoms with Crippen LogP contribution in [0.25, 0.3) is 0 Å². The Bertz CT molecular complexity index is 715. The van der Waals surface area contributed by atoms with Crippen LogP contribution in [0, 0.1) is 0 Å². The van der Waals surface area contributed by atoms with Crippen LogP contribution >= 0.6 is 11.6 Å². The van der Waals surface area contributed by atoms with E-state index >= 15 is 0 Å². The minimum atomic E-state index is -4.09. The first-order chi connectivity index (χ1) is 11.2. The highest BCUT2D eigenvalue weighted by Gasteiger charge is 2.28. The number of halogens is 3. The van der Waals surface area contributed by atoms with Gasteiger partial charge in [-0.05, 0) is 24.6 Å². The second-order valence-electron chi connectivity index (χ2n) is 5.28. The van der Waals surface area contributed by atoms with Crippen molar-refractivity contribution in [1.29, 1.82) is 0 Å². The summed E-state index contributed by atoms with van der Waals surface area (Å²) in [5.41, 5.74) is 0. The van der Waals surface area contributed by atoms with Gasteiger partial charge in [0.15, 0.2) is 0 Å². The topological polar surface area (TPSA) is 66.9 Å². The summed E-state index contributed by atoms with van der Waals surface area (Å²) in [6, 6.07) is 3.41. The predicted octanol–water partition coefficient (Wildman–Crippen LogP) is 2.18. The van der Waals surface area contributed by atoms with E-state index in [4.69, 9.17) is 11.6 Å². The molecule has 1 heterocycles. The number of hydrogen-bond acceptors (Lipinski definition) is 4. The molecule has 1 aromatic rings. The second kappa shape index (κ2) is 7.62. The number of benzene rings is 1. The SMILES string of the molecule is CN(CCN1CCCC1=O)S(=O)(=O)c1cc(Cl)ccc1OC(F)F. The van der Waals surface area contributed by atoms with Crippen molar-refractivity contribution in [2.75, 3.05) is 26.7 Å². The van der Waals surface area contributed by atoms with Gasteiger partial charge in [0.2, 0.25) is 15.9 Å². The van der Waals surface area contributed by atoms with E-state index in [0.717, 1.165) is 22.9 Å². The zero-order chi connectivity index (χ0) is 17.9. The van der Waals surface area contributed by atoms with Crippen molar-refractivity contribution in [2.45, 2.75) is 24.3 Å². The molecule has 0 unspecified atom stereocenters. The number of carbonyl (C=O) groups excluding carboxylic acids is 1. The first kappa shape index (κ1) is 18.9. The van der Waals surface area contributed by atoms with Crippen LogP contribution in [-0.4, -0.2) is 56.8 Å². The quantitative estimate of drug-likeness (QED) is 0.725. The first-order valence-corrected chi connectivity index (χ1v) is 9.02. The third-order valence-corrected chi connectivity index (χ3v) is 5.78. The molecule has 1 aliphatic heterocycles. The van der Waals surface area contributed by atoms with Crippen LogP contribution in [0.1, 0.15) is 12.8 Å². The van der Waals surface area contributed by atoms with E-state index in [9.17, 15) is 22.0 Å². The van der Waals surface area contributed by atoms with Crippen molar-refractivity contribution in [3.8, 4) is 5.75 Å². The molecule has 134 valence electrons. The van der Waals surface area contributed by atoms with Gasteiger partial charge in [-0.1, -0.05) is 11.6 Å². The fraction of sp³-hybridized carbons (Fsp3) is 0.500. The maximum absolute atomic E-state index is 12.6. The van der Waals surface area contributed by atoms with Crippen molar-refractivity contribution in [2.24, 2.45) is 0 Å². The van der Waals surface area contributed by atoms with E-state index in [-0.39, 0.29) is 24.0 Å². The highest BCUT2D eigenvalue weighted by Crippen LogP contribution is 2.30. The van der Waals surface area contributed by atoms with E-state index in [1.165, 1.54) is 13.1 Å². The van der Waals surface area contributed by atoms with E-state index in [2.05, 4.69) is 4.74 Å². The van der Waals surface area contributed by atoms with Gasteiger partial charge in [-0.15, -0.1) is 0 Å². The van der Waals surface area contributed by atoms with Crippen molar-refractivity contribution < 1.29 is 26.7 Å². The van der Waals surface area contributed by atoms with Crippen molar-refractivity contribution in [1.82, 2.24) is 9.21 Å². The van der Waals surface area contributed by atoms with Gasteiger partial charge in [-0.25, -0.2) is 8.42 Å². The Kier molecular flexibility index (Phi) is 6.00. The van der Waals surface area contributed by atoms with Crippen LogP contribution in [0.5, 0.6) is 5.75 Å². The zero-order valence-electron chi connectivity index (χ0n) is 12.9. The summed E-state index contributed by atoms with van der Waals surface area (Å²) < 4.78 is 55.4. The molecule has 0 aliphatic carbocycles. The van der Waals surface area contributed by atoms with Crippen LogP contribution in [0.2, 0.25) is 5.02 Å². The summed E-state index contributed by atoms with van der Waals surface area (Å²) in [5.74, 6) is -0.497. The number of likely N-dealkylation sites (N-methyl/N-ethyl adjacent to an activating group) is 1. The lowest BCUT2D eigenvalue weighted by molar-refractivity contribution is -0.127. The van der Waals surface area contributed by atoms with Crippen LogP contribution in [0.3, 0.4) is 0 Å². The summed E-state index contributed by atoms with van der Waals surface area (Å²) in [7, 11) is -2.79. The van der Waals surface area contributed by atoms with E-state index in [0.29, 0.717) is 13.0 Å². The molecule has 0 atom stereocenters. The van der Waals surface area contributed by atoms with E-state index in [1.807, 2.05) is 0 Å². The smallest absolute Gasteiger partial charge is 0.387 e. The maximum Gasteiger partial charge on any atom is 0.387 e. The molecule has 0 bridgehead atoms. The average molecular weight is 383 g/mol. The normalized spacial score (nSPS) is 15.6. The molecule has 2 rings (SSSR count). The molecule has 0 spiro atoms.